The Morgan fingerprint density at radius 2 is 2.21 bits per heavy atom. The zero-order valence-corrected chi connectivity index (χ0v) is 13.1. The standard InChI is InChI=1S/C13H22N2O2S2/c1-10-3-4-11(5-10)7-15-19(16,17)13-6-12(8-14-2)18-9-13/h6,9-11,14-15H,3-5,7-8H2,1-2H3. The van der Waals surface area contributed by atoms with E-state index in [0.29, 0.717) is 23.9 Å². The van der Waals surface area contributed by atoms with Crippen LogP contribution in [0, 0.1) is 11.8 Å². The van der Waals surface area contributed by atoms with E-state index in [4.69, 9.17) is 0 Å². The van der Waals surface area contributed by atoms with Gasteiger partial charge in [0, 0.05) is 23.3 Å². The maximum absolute atomic E-state index is 12.2. The van der Waals surface area contributed by atoms with Crippen LogP contribution in [0.4, 0.5) is 0 Å². The van der Waals surface area contributed by atoms with Crippen molar-refractivity contribution >= 4 is 21.4 Å². The van der Waals surface area contributed by atoms with Gasteiger partial charge in [-0.1, -0.05) is 13.3 Å². The molecule has 2 N–H and O–H groups in total. The zero-order valence-electron chi connectivity index (χ0n) is 11.5. The molecule has 4 nitrogen and oxygen atoms in total. The number of nitrogens with one attached hydrogen (secondary N) is 2. The average Bonchev–Trinajstić information content (AvgIpc) is 2.97. The molecule has 19 heavy (non-hydrogen) atoms. The molecule has 1 heterocycles. The van der Waals surface area contributed by atoms with Gasteiger partial charge in [0.2, 0.25) is 10.0 Å². The monoisotopic (exact) mass is 302 g/mol. The predicted molar refractivity (Wildman–Crippen MR) is 78.8 cm³/mol. The number of sulfonamides is 1. The minimum absolute atomic E-state index is 0.397. The highest BCUT2D eigenvalue weighted by atomic mass is 32.2. The van der Waals surface area contributed by atoms with E-state index in [2.05, 4.69) is 17.0 Å². The van der Waals surface area contributed by atoms with E-state index >= 15 is 0 Å². The summed E-state index contributed by atoms with van der Waals surface area (Å²) in [5, 5.41) is 4.74. The molecule has 1 saturated carbocycles. The first-order chi connectivity index (χ1) is 9.01. The average molecular weight is 302 g/mol. The highest BCUT2D eigenvalue weighted by molar-refractivity contribution is 7.89. The SMILES string of the molecule is CNCc1cc(S(=O)(=O)NCC2CCC(C)C2)cs1. The smallest absolute Gasteiger partial charge is 0.241 e. The van der Waals surface area contributed by atoms with Gasteiger partial charge in [0.1, 0.15) is 0 Å². The summed E-state index contributed by atoms with van der Waals surface area (Å²) < 4.78 is 27.1. The molecule has 0 saturated heterocycles. The number of hydrogen-bond acceptors (Lipinski definition) is 4. The molecule has 108 valence electrons. The normalized spacial score (nSPS) is 23.9. The van der Waals surface area contributed by atoms with Crippen molar-refractivity contribution in [3.8, 4) is 0 Å². The van der Waals surface area contributed by atoms with Crippen molar-refractivity contribution in [2.75, 3.05) is 13.6 Å². The second-order valence-electron chi connectivity index (χ2n) is 5.42. The molecule has 0 aliphatic heterocycles. The lowest BCUT2D eigenvalue weighted by Crippen LogP contribution is -2.28. The second-order valence-corrected chi connectivity index (χ2v) is 8.18. The van der Waals surface area contributed by atoms with Crippen LogP contribution in [0.2, 0.25) is 0 Å². The Labute approximate surface area is 119 Å². The van der Waals surface area contributed by atoms with Crippen LogP contribution in [0.5, 0.6) is 0 Å². The lowest BCUT2D eigenvalue weighted by Gasteiger charge is -2.10. The Bertz CT molecular complexity index is 510. The molecule has 0 spiro atoms. The molecule has 0 radical (unpaired) electrons. The summed E-state index contributed by atoms with van der Waals surface area (Å²) in [5.74, 6) is 1.23. The molecule has 2 unspecified atom stereocenters. The summed E-state index contributed by atoms with van der Waals surface area (Å²) >= 11 is 1.48. The summed E-state index contributed by atoms with van der Waals surface area (Å²) in [7, 11) is -1.48. The van der Waals surface area contributed by atoms with Crippen LogP contribution >= 0.6 is 11.3 Å². The minimum Gasteiger partial charge on any atom is -0.315 e. The van der Waals surface area contributed by atoms with E-state index in [-0.39, 0.29) is 0 Å². The van der Waals surface area contributed by atoms with Gasteiger partial charge < -0.3 is 5.32 Å². The first-order valence-electron chi connectivity index (χ1n) is 6.73. The van der Waals surface area contributed by atoms with Crippen molar-refractivity contribution in [3.05, 3.63) is 16.3 Å². The van der Waals surface area contributed by atoms with Crippen LogP contribution in [0.25, 0.3) is 0 Å². The van der Waals surface area contributed by atoms with Gasteiger partial charge in [-0.15, -0.1) is 11.3 Å². The molecule has 6 heteroatoms. The molecule has 1 aliphatic carbocycles. The molecule has 0 aromatic carbocycles. The Morgan fingerprint density at radius 1 is 1.42 bits per heavy atom. The highest BCUT2D eigenvalue weighted by Crippen LogP contribution is 2.30. The van der Waals surface area contributed by atoms with Gasteiger partial charge in [0.25, 0.3) is 0 Å². The van der Waals surface area contributed by atoms with Gasteiger partial charge in [-0.2, -0.15) is 0 Å². The molecule has 1 aliphatic rings. The fraction of sp³-hybridized carbons (Fsp3) is 0.692. The van der Waals surface area contributed by atoms with Gasteiger partial charge in [-0.05, 0) is 37.8 Å². The Balaban J connectivity index is 1.93. The fourth-order valence-corrected chi connectivity index (χ4v) is 4.99. The number of thiophene rings is 1. The molecule has 2 rings (SSSR count). The van der Waals surface area contributed by atoms with Gasteiger partial charge in [-0.25, -0.2) is 13.1 Å². The highest BCUT2D eigenvalue weighted by Gasteiger charge is 2.24. The van der Waals surface area contributed by atoms with Crippen LogP contribution in [-0.4, -0.2) is 22.0 Å². The summed E-state index contributed by atoms with van der Waals surface area (Å²) in [4.78, 5) is 1.44. The van der Waals surface area contributed by atoms with Crippen LogP contribution in [0.1, 0.15) is 31.1 Å². The molecule has 1 fully saturated rings. The number of rotatable bonds is 6. The largest absolute Gasteiger partial charge is 0.315 e. The maximum atomic E-state index is 12.2. The molecule has 2 atom stereocenters. The lowest BCUT2D eigenvalue weighted by molar-refractivity contribution is 0.498. The van der Waals surface area contributed by atoms with Crippen molar-refractivity contribution in [1.29, 1.82) is 0 Å². The Hall–Kier alpha value is -0.430. The fourth-order valence-electron chi connectivity index (χ4n) is 2.59. The van der Waals surface area contributed by atoms with Crippen LogP contribution < -0.4 is 10.0 Å². The molecule has 1 aromatic heterocycles. The summed E-state index contributed by atoms with van der Waals surface area (Å²) in [6.45, 7) is 3.52. The lowest BCUT2D eigenvalue weighted by atomic mass is 10.1. The minimum atomic E-state index is -3.33. The summed E-state index contributed by atoms with van der Waals surface area (Å²) in [6.07, 6.45) is 3.49. The van der Waals surface area contributed by atoms with E-state index in [0.717, 1.165) is 23.6 Å². The van der Waals surface area contributed by atoms with E-state index < -0.39 is 10.0 Å². The number of hydrogen-bond donors (Lipinski definition) is 2. The van der Waals surface area contributed by atoms with Crippen LogP contribution in [-0.2, 0) is 16.6 Å². The van der Waals surface area contributed by atoms with E-state index in [1.165, 1.54) is 17.8 Å². The Kier molecular flexibility index (Phi) is 5.00. The molecular formula is C13H22N2O2S2. The third-order valence-electron chi connectivity index (χ3n) is 3.66. The quantitative estimate of drug-likeness (QED) is 0.847. The predicted octanol–water partition coefficient (Wildman–Crippen LogP) is 2.18. The first kappa shape index (κ1) is 15.0. The summed E-state index contributed by atoms with van der Waals surface area (Å²) in [5.41, 5.74) is 0. The zero-order chi connectivity index (χ0) is 13.9. The molecule has 1 aromatic rings. The van der Waals surface area contributed by atoms with Crippen molar-refractivity contribution in [1.82, 2.24) is 10.0 Å². The topological polar surface area (TPSA) is 58.2 Å². The van der Waals surface area contributed by atoms with E-state index in [9.17, 15) is 8.42 Å². The second kappa shape index (κ2) is 6.35. The van der Waals surface area contributed by atoms with E-state index in [1.54, 1.807) is 11.4 Å². The van der Waals surface area contributed by atoms with Gasteiger partial charge in [0.15, 0.2) is 0 Å². The van der Waals surface area contributed by atoms with Crippen molar-refractivity contribution in [2.24, 2.45) is 11.8 Å². The van der Waals surface area contributed by atoms with Gasteiger partial charge >= 0.3 is 0 Å². The van der Waals surface area contributed by atoms with Gasteiger partial charge in [-0.3, -0.25) is 0 Å². The van der Waals surface area contributed by atoms with Crippen LogP contribution in [0.3, 0.4) is 0 Å². The van der Waals surface area contributed by atoms with E-state index in [1.807, 2.05) is 7.05 Å². The third kappa shape index (κ3) is 4.02. The van der Waals surface area contributed by atoms with Crippen molar-refractivity contribution in [2.45, 2.75) is 37.6 Å². The third-order valence-corrected chi connectivity index (χ3v) is 6.15. The summed E-state index contributed by atoms with van der Waals surface area (Å²) in [6, 6.07) is 1.75. The van der Waals surface area contributed by atoms with Gasteiger partial charge in [0.05, 0.1) is 4.90 Å². The first-order valence-corrected chi connectivity index (χ1v) is 9.09. The molecule has 0 amide bonds. The molecule has 0 bridgehead atoms. The Morgan fingerprint density at radius 3 is 2.84 bits per heavy atom. The van der Waals surface area contributed by atoms with Crippen molar-refractivity contribution < 1.29 is 8.42 Å². The van der Waals surface area contributed by atoms with Crippen molar-refractivity contribution in [3.63, 3.8) is 0 Å². The maximum Gasteiger partial charge on any atom is 0.241 e. The van der Waals surface area contributed by atoms with Crippen LogP contribution in [0.15, 0.2) is 16.3 Å². The molecular weight excluding hydrogens is 280 g/mol.